The van der Waals surface area contributed by atoms with Crippen LogP contribution in [0.4, 0.5) is 0 Å². The number of carbonyl (C=O) groups is 2. The number of ether oxygens (including phenoxy) is 2. The predicted molar refractivity (Wildman–Crippen MR) is 107 cm³/mol. The van der Waals surface area contributed by atoms with Crippen LogP contribution in [0, 0.1) is 12.8 Å². The SMILES string of the molecule is COC(=O)/C=C1/S/C(=N\N=Cc2ccc(C)c(OCCC(C)C)c2)NC1=O. The predicted octanol–water partition coefficient (Wildman–Crippen LogP) is 3.03. The van der Waals surface area contributed by atoms with E-state index in [1.54, 1.807) is 6.21 Å². The Labute approximate surface area is 162 Å². The quantitative estimate of drug-likeness (QED) is 0.335. The van der Waals surface area contributed by atoms with Gasteiger partial charge in [0.05, 0.1) is 24.8 Å². The van der Waals surface area contributed by atoms with Crippen LogP contribution in [0.15, 0.2) is 39.4 Å². The Morgan fingerprint density at radius 1 is 1.37 bits per heavy atom. The van der Waals surface area contributed by atoms with E-state index in [2.05, 4.69) is 34.1 Å². The molecule has 1 fully saturated rings. The van der Waals surface area contributed by atoms with Crippen LogP contribution in [-0.2, 0) is 14.3 Å². The van der Waals surface area contributed by atoms with Crippen molar-refractivity contribution in [1.82, 2.24) is 5.32 Å². The molecule has 1 aromatic rings. The Morgan fingerprint density at radius 2 is 2.15 bits per heavy atom. The molecule has 0 aliphatic carbocycles. The number of nitrogens with one attached hydrogen (secondary N) is 1. The van der Waals surface area contributed by atoms with Crippen molar-refractivity contribution >= 4 is 35.0 Å². The smallest absolute Gasteiger partial charge is 0.331 e. The van der Waals surface area contributed by atoms with Crippen molar-refractivity contribution < 1.29 is 19.1 Å². The molecule has 0 radical (unpaired) electrons. The van der Waals surface area contributed by atoms with E-state index in [4.69, 9.17) is 4.74 Å². The van der Waals surface area contributed by atoms with Crippen molar-refractivity contribution in [2.45, 2.75) is 27.2 Å². The van der Waals surface area contributed by atoms with Crippen LogP contribution in [0.3, 0.4) is 0 Å². The van der Waals surface area contributed by atoms with Crippen molar-refractivity contribution in [1.29, 1.82) is 0 Å². The van der Waals surface area contributed by atoms with Crippen LogP contribution < -0.4 is 10.1 Å². The number of esters is 1. The highest BCUT2D eigenvalue weighted by molar-refractivity contribution is 8.18. The second kappa shape index (κ2) is 9.91. The minimum atomic E-state index is -0.595. The van der Waals surface area contributed by atoms with Crippen molar-refractivity contribution in [3.63, 3.8) is 0 Å². The molecule has 0 aromatic heterocycles. The monoisotopic (exact) mass is 389 g/mol. The average molecular weight is 389 g/mol. The summed E-state index contributed by atoms with van der Waals surface area (Å²) in [5, 5.41) is 10.8. The van der Waals surface area contributed by atoms with Crippen LogP contribution in [-0.4, -0.2) is 37.0 Å². The van der Waals surface area contributed by atoms with Gasteiger partial charge < -0.3 is 9.47 Å². The Kier molecular flexibility index (Phi) is 7.60. The Balaban J connectivity index is 2.01. The van der Waals surface area contributed by atoms with E-state index in [1.807, 2.05) is 25.1 Å². The zero-order valence-electron chi connectivity index (χ0n) is 15.8. The molecule has 1 aliphatic heterocycles. The number of amidine groups is 1. The molecule has 0 saturated carbocycles. The van der Waals surface area contributed by atoms with Gasteiger partial charge in [-0.05, 0) is 48.2 Å². The largest absolute Gasteiger partial charge is 0.493 e. The minimum absolute atomic E-state index is 0.215. The molecular weight excluding hydrogens is 366 g/mol. The molecule has 2 rings (SSSR count). The molecule has 1 amide bonds. The average Bonchev–Trinajstić information content (AvgIpc) is 2.96. The van der Waals surface area contributed by atoms with Crippen molar-refractivity contribution in [3.05, 3.63) is 40.3 Å². The maximum atomic E-state index is 11.7. The molecule has 1 heterocycles. The topological polar surface area (TPSA) is 89.3 Å². The van der Waals surface area contributed by atoms with Crippen LogP contribution in [0.2, 0.25) is 0 Å². The summed E-state index contributed by atoms with van der Waals surface area (Å²) in [7, 11) is 1.25. The summed E-state index contributed by atoms with van der Waals surface area (Å²) >= 11 is 1.03. The van der Waals surface area contributed by atoms with Gasteiger partial charge in [0, 0.05) is 6.08 Å². The van der Waals surface area contributed by atoms with E-state index in [0.717, 1.165) is 41.1 Å². The third-order valence-corrected chi connectivity index (χ3v) is 4.52. The summed E-state index contributed by atoms with van der Waals surface area (Å²) < 4.78 is 10.3. The Bertz CT molecular complexity index is 800. The van der Waals surface area contributed by atoms with Gasteiger partial charge in [-0.15, -0.1) is 5.10 Å². The summed E-state index contributed by atoms with van der Waals surface area (Å²) in [4.78, 5) is 23.2. The summed E-state index contributed by atoms with van der Waals surface area (Å²) in [6, 6.07) is 5.78. The number of thioether (sulfide) groups is 1. The van der Waals surface area contributed by atoms with Gasteiger partial charge >= 0.3 is 5.97 Å². The first kappa shape index (κ1) is 20.7. The number of carbonyl (C=O) groups excluding carboxylic acids is 2. The number of benzene rings is 1. The normalized spacial score (nSPS) is 17.1. The summed E-state index contributed by atoms with van der Waals surface area (Å²) in [5.74, 6) is 0.403. The lowest BCUT2D eigenvalue weighted by Gasteiger charge is -2.11. The van der Waals surface area contributed by atoms with Gasteiger partial charge in [0.2, 0.25) is 0 Å². The van der Waals surface area contributed by atoms with E-state index in [-0.39, 0.29) is 4.91 Å². The second-order valence-corrected chi connectivity index (χ2v) is 7.32. The van der Waals surface area contributed by atoms with Gasteiger partial charge in [0.1, 0.15) is 5.75 Å². The van der Waals surface area contributed by atoms with Gasteiger partial charge in [-0.1, -0.05) is 26.0 Å². The lowest BCUT2D eigenvalue weighted by atomic mass is 10.1. The van der Waals surface area contributed by atoms with Crippen molar-refractivity contribution in [3.8, 4) is 5.75 Å². The molecule has 0 unspecified atom stereocenters. The summed E-state index contributed by atoms with van der Waals surface area (Å²) in [6.07, 6.45) is 3.69. The summed E-state index contributed by atoms with van der Waals surface area (Å²) in [5.41, 5.74) is 1.89. The first-order chi connectivity index (χ1) is 12.9. The zero-order valence-corrected chi connectivity index (χ0v) is 16.6. The molecule has 0 bridgehead atoms. The van der Waals surface area contributed by atoms with Crippen LogP contribution in [0.25, 0.3) is 0 Å². The number of amides is 1. The standard InChI is InChI=1S/C19H23N3O4S/c1-12(2)7-8-26-15-9-14(6-5-13(15)3)11-20-22-19-21-18(24)16(27-19)10-17(23)25-4/h5-6,9-12H,7-8H2,1-4H3,(H,21,22,24)/b16-10+,20-11?. The molecule has 144 valence electrons. The molecule has 1 saturated heterocycles. The molecule has 0 spiro atoms. The number of hydrogen-bond acceptors (Lipinski definition) is 7. The molecule has 7 nitrogen and oxygen atoms in total. The van der Waals surface area contributed by atoms with E-state index in [9.17, 15) is 9.59 Å². The highest BCUT2D eigenvalue weighted by atomic mass is 32.2. The highest BCUT2D eigenvalue weighted by Crippen LogP contribution is 2.23. The van der Waals surface area contributed by atoms with Crippen LogP contribution >= 0.6 is 11.8 Å². The fourth-order valence-electron chi connectivity index (χ4n) is 2.05. The second-order valence-electron chi connectivity index (χ2n) is 6.29. The Hall–Kier alpha value is -2.61. The molecule has 1 aliphatic rings. The lowest BCUT2D eigenvalue weighted by molar-refractivity contribution is -0.135. The van der Waals surface area contributed by atoms with Crippen molar-refractivity contribution in [2.24, 2.45) is 16.1 Å². The number of nitrogens with zero attached hydrogens (tertiary/aromatic N) is 2. The zero-order chi connectivity index (χ0) is 19.8. The molecule has 1 N–H and O–H groups in total. The molecule has 27 heavy (non-hydrogen) atoms. The highest BCUT2D eigenvalue weighted by Gasteiger charge is 2.24. The van der Waals surface area contributed by atoms with E-state index < -0.39 is 11.9 Å². The number of rotatable bonds is 7. The molecule has 1 aromatic carbocycles. The van der Waals surface area contributed by atoms with Gasteiger partial charge in [-0.25, -0.2) is 4.79 Å². The van der Waals surface area contributed by atoms with Gasteiger partial charge in [-0.3, -0.25) is 10.1 Å². The third kappa shape index (κ3) is 6.56. The van der Waals surface area contributed by atoms with Gasteiger partial charge in [0.25, 0.3) is 5.91 Å². The maximum absolute atomic E-state index is 11.7. The first-order valence-corrected chi connectivity index (χ1v) is 9.34. The van der Waals surface area contributed by atoms with Crippen LogP contribution in [0.5, 0.6) is 5.75 Å². The molecule has 8 heteroatoms. The maximum Gasteiger partial charge on any atom is 0.331 e. The minimum Gasteiger partial charge on any atom is -0.493 e. The fraction of sp³-hybridized carbons (Fsp3) is 0.368. The fourth-order valence-corrected chi connectivity index (χ4v) is 2.79. The van der Waals surface area contributed by atoms with Gasteiger partial charge in [0.15, 0.2) is 5.17 Å². The number of methoxy groups -OCH3 is 1. The molecular formula is C19H23N3O4S. The van der Waals surface area contributed by atoms with E-state index in [0.29, 0.717) is 17.7 Å². The van der Waals surface area contributed by atoms with E-state index >= 15 is 0 Å². The van der Waals surface area contributed by atoms with Crippen LogP contribution in [0.1, 0.15) is 31.4 Å². The van der Waals surface area contributed by atoms with E-state index in [1.165, 1.54) is 7.11 Å². The Morgan fingerprint density at radius 3 is 2.85 bits per heavy atom. The van der Waals surface area contributed by atoms with Crippen molar-refractivity contribution in [2.75, 3.05) is 13.7 Å². The number of hydrogen-bond donors (Lipinski definition) is 1. The first-order valence-electron chi connectivity index (χ1n) is 8.52. The summed E-state index contributed by atoms with van der Waals surface area (Å²) in [6.45, 7) is 6.97. The lowest BCUT2D eigenvalue weighted by Crippen LogP contribution is -2.19. The third-order valence-electron chi connectivity index (χ3n) is 3.62. The van der Waals surface area contributed by atoms with Gasteiger partial charge in [-0.2, -0.15) is 5.10 Å². The number of aryl methyl sites for hydroxylation is 1. The molecule has 0 atom stereocenters.